The van der Waals surface area contributed by atoms with E-state index in [4.69, 9.17) is 11.8 Å². The minimum Gasteiger partial charge on any atom is -0.275 e. The first-order chi connectivity index (χ1) is 5.88. The highest BCUT2D eigenvalue weighted by Gasteiger charge is 2.49. The maximum absolute atomic E-state index is 11.4. The number of amides is 3. The van der Waals surface area contributed by atoms with E-state index in [1.54, 1.807) is 6.92 Å². The van der Waals surface area contributed by atoms with E-state index in [-0.39, 0.29) is 5.91 Å². The molecule has 5 heteroatoms. The third kappa shape index (κ3) is 1.63. The Balaban J connectivity index is 2.87. The number of carbonyl (C=O) groups is 2. The first-order valence-corrected chi connectivity index (χ1v) is 4.53. The molecule has 1 saturated heterocycles. The van der Waals surface area contributed by atoms with Crippen LogP contribution in [0.3, 0.4) is 0 Å². The minimum absolute atomic E-state index is 0.308. The second-order valence-corrected chi connectivity index (χ2v) is 4.25. The van der Waals surface area contributed by atoms with Gasteiger partial charge in [-0.25, -0.2) is 9.21 Å². The van der Waals surface area contributed by atoms with Crippen molar-refractivity contribution in [3.05, 3.63) is 0 Å². The summed E-state index contributed by atoms with van der Waals surface area (Å²) >= 11 is 5.71. The number of carbonyl (C=O) groups excluding carboxylic acids is 2. The monoisotopic (exact) mass is 204 g/mol. The second-order valence-electron chi connectivity index (χ2n) is 3.91. The summed E-state index contributed by atoms with van der Waals surface area (Å²) in [5.74, 6) is -0.0101. The molecule has 1 aliphatic heterocycles. The molecule has 0 radical (unpaired) electrons. The molecule has 0 aromatic carbocycles. The third-order valence-corrected chi connectivity index (χ3v) is 2.65. The van der Waals surface area contributed by atoms with Crippen molar-refractivity contribution in [2.24, 2.45) is 5.92 Å². The van der Waals surface area contributed by atoms with Gasteiger partial charge in [0.05, 0.1) is 0 Å². The van der Waals surface area contributed by atoms with E-state index in [1.165, 1.54) is 0 Å². The van der Waals surface area contributed by atoms with Crippen molar-refractivity contribution in [2.45, 2.75) is 32.7 Å². The summed E-state index contributed by atoms with van der Waals surface area (Å²) in [7, 11) is 0. The number of nitrogens with one attached hydrogen (secondary N) is 1. The molecule has 1 heterocycles. The van der Waals surface area contributed by atoms with Crippen molar-refractivity contribution >= 4 is 23.7 Å². The van der Waals surface area contributed by atoms with Gasteiger partial charge in [0, 0.05) is 11.8 Å². The summed E-state index contributed by atoms with van der Waals surface area (Å²) in [4.78, 5) is 22.4. The van der Waals surface area contributed by atoms with E-state index in [9.17, 15) is 9.59 Å². The van der Waals surface area contributed by atoms with Crippen molar-refractivity contribution in [3.63, 3.8) is 0 Å². The molecule has 1 rings (SSSR count). The quantitative estimate of drug-likeness (QED) is 0.548. The number of hydrogen-bond acceptors (Lipinski definition) is 2. The molecular formula is C8H13ClN2O2. The molecule has 1 aliphatic rings. The van der Waals surface area contributed by atoms with Crippen LogP contribution < -0.4 is 5.32 Å². The Bertz CT molecular complexity index is 255. The molecule has 13 heavy (non-hydrogen) atoms. The van der Waals surface area contributed by atoms with Crippen molar-refractivity contribution in [2.75, 3.05) is 0 Å². The maximum atomic E-state index is 11.4. The highest BCUT2D eigenvalue weighted by atomic mass is 35.5. The van der Waals surface area contributed by atoms with Gasteiger partial charge in [-0.15, -0.1) is 0 Å². The van der Waals surface area contributed by atoms with Crippen LogP contribution in [-0.4, -0.2) is 21.9 Å². The fourth-order valence-corrected chi connectivity index (χ4v) is 1.75. The fourth-order valence-electron chi connectivity index (χ4n) is 1.56. The summed E-state index contributed by atoms with van der Waals surface area (Å²) in [6, 6.07) is -0.533. The number of nitrogens with zero attached hydrogens (tertiary/aromatic N) is 1. The molecule has 1 fully saturated rings. The number of urea groups is 1. The molecular weight excluding hydrogens is 192 g/mol. The van der Waals surface area contributed by atoms with Crippen molar-refractivity contribution in [1.82, 2.24) is 9.74 Å². The standard InChI is InChI=1S/C8H13ClN2O2/c1-5(2)4-8(3)6(12)10-7(13)11(8)9/h5H,4H2,1-3H3,(H,10,12,13). The van der Waals surface area contributed by atoms with Gasteiger partial charge >= 0.3 is 6.03 Å². The molecule has 1 unspecified atom stereocenters. The summed E-state index contributed by atoms with van der Waals surface area (Å²) in [6.45, 7) is 5.62. The van der Waals surface area contributed by atoms with Crippen LogP contribution >= 0.6 is 11.8 Å². The van der Waals surface area contributed by atoms with E-state index in [0.29, 0.717) is 12.3 Å². The van der Waals surface area contributed by atoms with Crippen molar-refractivity contribution in [3.8, 4) is 0 Å². The summed E-state index contributed by atoms with van der Waals surface area (Å²) in [5, 5.41) is 2.18. The van der Waals surface area contributed by atoms with Crippen LogP contribution in [0.2, 0.25) is 0 Å². The van der Waals surface area contributed by atoms with Crippen LogP contribution in [0, 0.1) is 5.92 Å². The number of halogens is 1. The molecule has 0 aromatic rings. The molecule has 1 atom stereocenters. The maximum Gasteiger partial charge on any atom is 0.339 e. The lowest BCUT2D eigenvalue weighted by Gasteiger charge is -2.27. The average Bonchev–Trinajstić information content (AvgIpc) is 2.15. The zero-order valence-corrected chi connectivity index (χ0v) is 8.68. The molecule has 0 aliphatic carbocycles. The van der Waals surface area contributed by atoms with E-state index in [0.717, 1.165) is 4.42 Å². The zero-order valence-electron chi connectivity index (χ0n) is 7.93. The topological polar surface area (TPSA) is 49.4 Å². The van der Waals surface area contributed by atoms with Gasteiger partial charge in [0.25, 0.3) is 5.91 Å². The Hall–Kier alpha value is -0.770. The van der Waals surface area contributed by atoms with Crippen LogP contribution in [0.25, 0.3) is 0 Å². The lowest BCUT2D eigenvalue weighted by molar-refractivity contribution is -0.125. The molecule has 0 saturated carbocycles. The van der Waals surface area contributed by atoms with Gasteiger partial charge in [-0.3, -0.25) is 10.1 Å². The predicted octanol–water partition coefficient (Wildman–Crippen LogP) is 1.50. The lowest BCUT2D eigenvalue weighted by Crippen LogP contribution is -2.43. The van der Waals surface area contributed by atoms with E-state index in [1.807, 2.05) is 13.8 Å². The SMILES string of the molecule is CC(C)CC1(C)C(=O)NC(=O)N1Cl. The summed E-state index contributed by atoms with van der Waals surface area (Å²) in [5.41, 5.74) is -0.896. The smallest absolute Gasteiger partial charge is 0.275 e. The van der Waals surface area contributed by atoms with E-state index in [2.05, 4.69) is 5.32 Å². The molecule has 0 aromatic heterocycles. The van der Waals surface area contributed by atoms with Crippen LogP contribution in [0.4, 0.5) is 4.79 Å². The predicted molar refractivity (Wildman–Crippen MR) is 49.1 cm³/mol. The summed E-state index contributed by atoms with van der Waals surface area (Å²) < 4.78 is 0.954. The molecule has 0 spiro atoms. The van der Waals surface area contributed by atoms with E-state index >= 15 is 0 Å². The molecule has 1 N–H and O–H groups in total. The highest BCUT2D eigenvalue weighted by Crippen LogP contribution is 2.30. The number of hydrogen-bond donors (Lipinski definition) is 1. The van der Waals surface area contributed by atoms with Gasteiger partial charge in [-0.2, -0.15) is 0 Å². The minimum atomic E-state index is -0.896. The first-order valence-electron chi connectivity index (χ1n) is 4.19. The molecule has 4 nitrogen and oxygen atoms in total. The number of imide groups is 1. The molecule has 74 valence electrons. The van der Waals surface area contributed by atoms with E-state index < -0.39 is 11.6 Å². The molecule has 0 bridgehead atoms. The van der Waals surface area contributed by atoms with Gasteiger partial charge < -0.3 is 0 Å². The van der Waals surface area contributed by atoms with Gasteiger partial charge in [0.2, 0.25) is 0 Å². The van der Waals surface area contributed by atoms with Gasteiger partial charge in [-0.05, 0) is 19.3 Å². The van der Waals surface area contributed by atoms with Crippen molar-refractivity contribution < 1.29 is 9.59 Å². The number of rotatable bonds is 2. The Kier molecular flexibility index (Phi) is 2.52. The Morgan fingerprint density at radius 2 is 2.08 bits per heavy atom. The zero-order chi connectivity index (χ0) is 10.2. The Morgan fingerprint density at radius 1 is 1.54 bits per heavy atom. The second kappa shape index (κ2) is 3.18. The van der Waals surface area contributed by atoms with Gasteiger partial charge in [-0.1, -0.05) is 13.8 Å². The van der Waals surface area contributed by atoms with Gasteiger partial charge in [0.1, 0.15) is 5.54 Å². The Morgan fingerprint density at radius 3 is 2.38 bits per heavy atom. The van der Waals surface area contributed by atoms with Crippen LogP contribution in [0.5, 0.6) is 0 Å². The Labute approximate surface area is 82.3 Å². The average molecular weight is 205 g/mol. The normalized spacial score (nSPS) is 28.5. The first kappa shape index (κ1) is 10.3. The van der Waals surface area contributed by atoms with Crippen LogP contribution in [0.15, 0.2) is 0 Å². The highest BCUT2D eigenvalue weighted by molar-refractivity contribution is 6.28. The van der Waals surface area contributed by atoms with Crippen LogP contribution in [0.1, 0.15) is 27.2 Å². The molecule has 3 amide bonds. The summed E-state index contributed by atoms with van der Waals surface area (Å²) in [6.07, 6.45) is 0.564. The van der Waals surface area contributed by atoms with Crippen LogP contribution in [-0.2, 0) is 4.79 Å². The third-order valence-electron chi connectivity index (χ3n) is 2.13. The van der Waals surface area contributed by atoms with Crippen molar-refractivity contribution in [1.29, 1.82) is 0 Å². The lowest BCUT2D eigenvalue weighted by atomic mass is 9.91. The fraction of sp³-hybridized carbons (Fsp3) is 0.750. The largest absolute Gasteiger partial charge is 0.339 e. The van der Waals surface area contributed by atoms with Gasteiger partial charge in [0.15, 0.2) is 0 Å².